The summed E-state index contributed by atoms with van der Waals surface area (Å²) in [6.45, 7) is 0. The van der Waals surface area contributed by atoms with Crippen molar-refractivity contribution < 1.29 is 33.7 Å². The fraction of sp³-hybridized carbons (Fsp3) is 0.200. The van der Waals surface area contributed by atoms with E-state index in [-0.39, 0.29) is 6.08 Å². The van der Waals surface area contributed by atoms with Crippen molar-refractivity contribution >= 4 is 0 Å². The first kappa shape index (κ1) is 9.67. The molecule has 0 aromatic rings. The number of allylic oxidation sites excluding steroid dienone is 4. The number of hydrogen-bond acceptors (Lipinski definition) is 0. The molecule has 7 heteroatoms. The number of halogens is 6. The van der Waals surface area contributed by atoms with Crippen LogP contribution in [-0.2, 0) is 12.4 Å². The van der Waals surface area contributed by atoms with E-state index >= 15 is 0 Å². The van der Waals surface area contributed by atoms with Crippen molar-refractivity contribution in [2.24, 2.45) is 0 Å². The van der Waals surface area contributed by atoms with E-state index in [1.54, 1.807) is 0 Å². The normalized spacial score (nSPS) is 26.8. The Hall–Kier alpha value is -0.421. The van der Waals surface area contributed by atoms with Crippen molar-refractivity contribution in [1.82, 2.24) is 0 Å². The zero-order valence-electron chi connectivity index (χ0n) is 5.56. The summed E-state index contributed by atoms with van der Waals surface area (Å²) in [5.41, 5.74) is 0. The maximum absolute atomic E-state index is 11.9. The molecule has 0 spiro atoms. The van der Waals surface area contributed by atoms with Crippen LogP contribution >= 0.6 is 0 Å². The van der Waals surface area contributed by atoms with Crippen LogP contribution in [0.1, 0.15) is 6.42 Å². The van der Waals surface area contributed by atoms with Crippen LogP contribution < -0.4 is 0 Å². The van der Waals surface area contributed by atoms with Gasteiger partial charge in [-0.05, 0) is 0 Å². The van der Waals surface area contributed by atoms with E-state index in [1.165, 1.54) is 0 Å². The van der Waals surface area contributed by atoms with Crippen LogP contribution in [0.4, 0.5) is 21.3 Å². The zero-order chi connectivity index (χ0) is 9.78. The van der Waals surface area contributed by atoms with E-state index in [0.717, 1.165) is 12.2 Å². The molecule has 1 aliphatic rings. The Labute approximate surface area is 63.6 Å². The molecular formula is C5H5F6Fe. The standard InChI is InChI=1S/C5H5.6FH.Fe/c1-2-4-5-3-1;;;;;;;/h1-3H,4H2;6*1H;/q;;;;;;;+6/p-6. The molecular weight excluding hydrogens is 230 g/mol. The van der Waals surface area contributed by atoms with Crippen LogP contribution in [0.2, 0.25) is 0 Å². The Kier molecular flexibility index (Phi) is 1.03. The van der Waals surface area contributed by atoms with Crippen LogP contribution in [-0.4, -0.2) is 0 Å². The Balaban J connectivity index is 3.37. The Bertz CT molecular complexity index is 291. The average molecular weight is 235 g/mol. The molecule has 0 N–H and O–H groups in total. The van der Waals surface area contributed by atoms with Crippen molar-refractivity contribution in [3.63, 3.8) is 0 Å². The molecule has 0 aromatic carbocycles. The molecule has 0 amide bonds. The molecule has 12 heavy (non-hydrogen) atoms. The summed E-state index contributed by atoms with van der Waals surface area (Å²) >= 11 is -11.7. The Morgan fingerprint density at radius 3 is 1.67 bits per heavy atom. The van der Waals surface area contributed by atoms with Gasteiger partial charge in [0.25, 0.3) is 0 Å². The van der Waals surface area contributed by atoms with E-state index in [0.29, 0.717) is 0 Å². The molecule has 0 nitrogen and oxygen atoms in total. The second-order valence-corrected chi connectivity index (χ2v) is 6.72. The van der Waals surface area contributed by atoms with Crippen LogP contribution in [0.3, 0.4) is 0 Å². The van der Waals surface area contributed by atoms with E-state index in [4.69, 9.17) is 0 Å². The Morgan fingerprint density at radius 2 is 1.50 bits per heavy atom. The van der Waals surface area contributed by atoms with Gasteiger partial charge in [0.15, 0.2) is 0 Å². The summed E-state index contributed by atoms with van der Waals surface area (Å²) in [5, 5.41) is 0. The summed E-state index contributed by atoms with van der Waals surface area (Å²) in [5.74, 6) is 0. The molecule has 0 aromatic heterocycles. The topological polar surface area (TPSA) is 0 Å². The van der Waals surface area contributed by atoms with Crippen molar-refractivity contribution in [3.05, 3.63) is 22.7 Å². The van der Waals surface area contributed by atoms with Gasteiger partial charge >= 0.3 is 62.8 Å². The molecule has 0 aliphatic heterocycles. The predicted molar refractivity (Wildman–Crippen MR) is 28.5 cm³/mol. The summed E-state index contributed by atoms with van der Waals surface area (Å²) in [4.78, 5) is 0. The van der Waals surface area contributed by atoms with Crippen molar-refractivity contribution in [2.75, 3.05) is 0 Å². The summed E-state index contributed by atoms with van der Waals surface area (Å²) in [7, 11) is 0. The summed E-state index contributed by atoms with van der Waals surface area (Å²) in [6, 6.07) is 0. The number of rotatable bonds is 1. The summed E-state index contributed by atoms with van der Waals surface area (Å²) < 4.78 is 68.8. The molecule has 0 saturated carbocycles. The van der Waals surface area contributed by atoms with Gasteiger partial charge in [-0.3, -0.25) is 0 Å². The van der Waals surface area contributed by atoms with Gasteiger partial charge in [-0.25, -0.2) is 0 Å². The molecule has 0 fully saturated rings. The average Bonchev–Trinajstić information content (AvgIpc) is 1.99. The van der Waals surface area contributed by atoms with Crippen LogP contribution in [0.15, 0.2) is 22.7 Å². The van der Waals surface area contributed by atoms with E-state index in [9.17, 15) is 21.3 Å². The molecule has 0 heterocycles. The molecule has 0 unspecified atom stereocenters. The number of hydrogen-bond donors (Lipinski definition) is 0. The predicted octanol–water partition coefficient (Wildman–Crippen LogP) is 3.90. The van der Waals surface area contributed by atoms with Gasteiger partial charge in [0.05, 0.1) is 0 Å². The second-order valence-electron chi connectivity index (χ2n) is 2.39. The van der Waals surface area contributed by atoms with E-state index in [1.807, 2.05) is 0 Å². The van der Waals surface area contributed by atoms with Gasteiger partial charge in [0, 0.05) is 0 Å². The molecule has 75 valence electrons. The van der Waals surface area contributed by atoms with Crippen molar-refractivity contribution in [1.29, 1.82) is 0 Å². The van der Waals surface area contributed by atoms with E-state index < -0.39 is 23.3 Å². The molecule has 1 aliphatic carbocycles. The quantitative estimate of drug-likeness (QED) is 0.477. The second kappa shape index (κ2) is 1.28. The fourth-order valence-corrected chi connectivity index (χ4v) is 1.88. The molecule has 1 rings (SSSR count). The SMILES string of the molecule is [F][Fe]([F])([F])([F])([F])([F])[C]1=CC=CC1. The molecule has 0 atom stereocenters. The minimum atomic E-state index is -11.7. The van der Waals surface area contributed by atoms with Crippen LogP contribution in [0.25, 0.3) is 0 Å². The first-order valence-electron chi connectivity index (χ1n) is 2.70. The summed E-state index contributed by atoms with van der Waals surface area (Å²) in [6.07, 6.45) is 0.538. The van der Waals surface area contributed by atoms with Crippen LogP contribution in [0.5, 0.6) is 0 Å². The van der Waals surface area contributed by atoms with Gasteiger partial charge < -0.3 is 0 Å². The van der Waals surface area contributed by atoms with Gasteiger partial charge in [0.2, 0.25) is 0 Å². The van der Waals surface area contributed by atoms with Gasteiger partial charge in [-0.15, -0.1) is 0 Å². The monoisotopic (exact) mass is 235 g/mol. The van der Waals surface area contributed by atoms with Crippen LogP contribution in [0, 0.1) is 0 Å². The van der Waals surface area contributed by atoms with Gasteiger partial charge in [-0.2, -0.15) is 0 Å². The zero-order valence-corrected chi connectivity index (χ0v) is 6.66. The molecule has 0 radical (unpaired) electrons. The minimum absolute atomic E-state index is 0.0635. The Morgan fingerprint density at radius 1 is 1.00 bits per heavy atom. The van der Waals surface area contributed by atoms with E-state index in [2.05, 4.69) is 0 Å². The molecule has 0 bridgehead atoms. The van der Waals surface area contributed by atoms with Crippen molar-refractivity contribution in [3.8, 4) is 0 Å². The van der Waals surface area contributed by atoms with Gasteiger partial charge in [0.1, 0.15) is 0 Å². The van der Waals surface area contributed by atoms with Gasteiger partial charge in [-0.1, -0.05) is 0 Å². The maximum atomic E-state index is 11.9. The van der Waals surface area contributed by atoms with Crippen molar-refractivity contribution in [2.45, 2.75) is 6.42 Å². The third-order valence-corrected chi connectivity index (χ3v) is 3.25. The first-order chi connectivity index (χ1) is 4.80. The first-order valence-corrected chi connectivity index (χ1v) is 5.75. The fourth-order valence-electron chi connectivity index (χ4n) is 0.713. The third kappa shape index (κ3) is 2.04. The molecule has 0 saturated heterocycles. The third-order valence-electron chi connectivity index (χ3n) is 1.23.